The number of allylic oxidation sites excluding steroid dienone is 5. The van der Waals surface area contributed by atoms with E-state index in [4.69, 9.17) is 0 Å². The fourth-order valence-corrected chi connectivity index (χ4v) is 3.27. The smallest absolute Gasteiger partial charge is 0.253 e. The second kappa shape index (κ2) is 9.87. The Kier molecular flexibility index (Phi) is 7.53. The van der Waals surface area contributed by atoms with Gasteiger partial charge in [-0.05, 0) is 39.2 Å². The predicted octanol–water partition coefficient (Wildman–Crippen LogP) is 4.48. The SMILES string of the molecule is C=C(C)CC1=C(C)C=C(CNC(=O)C(=C)c2nn(C)c(NC)c2N=CC)C=CC1. The Morgan fingerprint density at radius 1 is 1.41 bits per heavy atom. The van der Waals surface area contributed by atoms with Gasteiger partial charge < -0.3 is 10.6 Å². The Balaban J connectivity index is 2.15. The van der Waals surface area contributed by atoms with Crippen LogP contribution < -0.4 is 10.6 Å². The molecule has 6 nitrogen and oxygen atoms in total. The van der Waals surface area contributed by atoms with Gasteiger partial charge in [0, 0.05) is 26.9 Å². The van der Waals surface area contributed by atoms with E-state index in [1.807, 2.05) is 13.8 Å². The third-order valence-corrected chi connectivity index (χ3v) is 4.70. The molecule has 0 saturated heterocycles. The quantitative estimate of drug-likeness (QED) is 0.388. The van der Waals surface area contributed by atoms with Crippen molar-refractivity contribution >= 4 is 29.2 Å². The molecule has 2 N–H and O–H groups in total. The molecule has 0 fully saturated rings. The van der Waals surface area contributed by atoms with E-state index in [9.17, 15) is 4.79 Å². The van der Waals surface area contributed by atoms with Gasteiger partial charge in [0.05, 0.1) is 5.57 Å². The molecule has 0 spiro atoms. The summed E-state index contributed by atoms with van der Waals surface area (Å²) in [5, 5.41) is 10.4. The minimum absolute atomic E-state index is 0.263. The highest BCUT2D eigenvalue weighted by Gasteiger charge is 2.21. The first-order valence-electron chi connectivity index (χ1n) is 9.69. The maximum absolute atomic E-state index is 12.7. The normalized spacial score (nSPS) is 14.0. The van der Waals surface area contributed by atoms with E-state index in [1.54, 1.807) is 25.0 Å². The van der Waals surface area contributed by atoms with Crippen molar-refractivity contribution in [2.45, 2.75) is 33.6 Å². The zero-order valence-corrected chi connectivity index (χ0v) is 18.1. The van der Waals surface area contributed by atoms with E-state index >= 15 is 0 Å². The molecule has 6 heteroatoms. The molecule has 1 aliphatic carbocycles. The molecule has 0 bridgehead atoms. The Hall–Kier alpha value is -3.15. The van der Waals surface area contributed by atoms with Crippen LogP contribution >= 0.6 is 0 Å². The third-order valence-electron chi connectivity index (χ3n) is 4.70. The lowest BCUT2D eigenvalue weighted by atomic mass is 10.00. The number of hydrogen-bond acceptors (Lipinski definition) is 4. The lowest BCUT2D eigenvalue weighted by Gasteiger charge is -2.09. The summed E-state index contributed by atoms with van der Waals surface area (Å²) in [7, 11) is 3.59. The molecule has 0 aromatic carbocycles. The maximum Gasteiger partial charge on any atom is 0.253 e. The fourth-order valence-electron chi connectivity index (χ4n) is 3.27. The van der Waals surface area contributed by atoms with Crippen molar-refractivity contribution in [1.29, 1.82) is 0 Å². The van der Waals surface area contributed by atoms with Gasteiger partial charge in [0.15, 0.2) is 5.82 Å². The highest BCUT2D eigenvalue weighted by Crippen LogP contribution is 2.32. The van der Waals surface area contributed by atoms with E-state index in [0.29, 0.717) is 17.9 Å². The molecule has 0 saturated carbocycles. The first-order valence-corrected chi connectivity index (χ1v) is 9.69. The highest BCUT2D eigenvalue weighted by atomic mass is 16.1. The van der Waals surface area contributed by atoms with Gasteiger partial charge in [-0.15, -0.1) is 0 Å². The number of amides is 1. The number of anilines is 1. The average Bonchev–Trinajstić information content (AvgIpc) is 2.88. The summed E-state index contributed by atoms with van der Waals surface area (Å²) in [5.74, 6) is 0.466. The van der Waals surface area contributed by atoms with Crippen molar-refractivity contribution in [3.05, 3.63) is 59.4 Å². The van der Waals surface area contributed by atoms with Gasteiger partial charge in [-0.3, -0.25) is 14.5 Å². The molecule has 1 heterocycles. The Morgan fingerprint density at radius 2 is 2.14 bits per heavy atom. The molecular formula is C23H31N5O. The molecule has 0 unspecified atom stereocenters. The van der Waals surface area contributed by atoms with E-state index in [2.05, 4.69) is 59.0 Å². The van der Waals surface area contributed by atoms with Gasteiger partial charge in [-0.1, -0.05) is 48.1 Å². The van der Waals surface area contributed by atoms with E-state index in [0.717, 1.165) is 29.8 Å². The molecule has 2 rings (SSSR count). The topological polar surface area (TPSA) is 71.3 Å². The summed E-state index contributed by atoms with van der Waals surface area (Å²) in [6.07, 6.45) is 9.79. The first-order chi connectivity index (χ1) is 13.8. The lowest BCUT2D eigenvalue weighted by molar-refractivity contribution is -0.115. The number of nitrogens with one attached hydrogen (secondary N) is 2. The summed E-state index contributed by atoms with van der Waals surface area (Å²) in [6, 6.07) is 0. The van der Waals surface area contributed by atoms with Crippen LogP contribution in [0.5, 0.6) is 0 Å². The fraction of sp³-hybridized carbons (Fsp3) is 0.348. The molecule has 1 aromatic rings. The van der Waals surface area contributed by atoms with Crippen LogP contribution in [0.3, 0.4) is 0 Å². The van der Waals surface area contributed by atoms with Crippen LogP contribution in [0.25, 0.3) is 5.57 Å². The number of rotatable bonds is 8. The highest BCUT2D eigenvalue weighted by molar-refractivity contribution is 6.20. The van der Waals surface area contributed by atoms with E-state index in [-0.39, 0.29) is 11.5 Å². The predicted molar refractivity (Wildman–Crippen MR) is 123 cm³/mol. The largest absolute Gasteiger partial charge is 0.372 e. The van der Waals surface area contributed by atoms with Crippen molar-refractivity contribution < 1.29 is 4.79 Å². The number of carbonyl (C=O) groups excluding carboxylic acids is 1. The van der Waals surface area contributed by atoms with Crippen LogP contribution in [0.15, 0.2) is 58.7 Å². The van der Waals surface area contributed by atoms with Crippen molar-refractivity contribution in [2.75, 3.05) is 18.9 Å². The molecular weight excluding hydrogens is 362 g/mol. The number of carbonyl (C=O) groups is 1. The van der Waals surface area contributed by atoms with E-state index in [1.165, 1.54) is 11.1 Å². The molecule has 0 aliphatic heterocycles. The second-order valence-corrected chi connectivity index (χ2v) is 7.21. The summed E-state index contributed by atoms with van der Waals surface area (Å²) in [4.78, 5) is 17.1. The summed E-state index contributed by atoms with van der Waals surface area (Å²) in [6.45, 7) is 14.3. The van der Waals surface area contributed by atoms with E-state index < -0.39 is 0 Å². The molecule has 1 amide bonds. The van der Waals surface area contributed by atoms with Crippen molar-refractivity contribution in [2.24, 2.45) is 12.0 Å². The zero-order valence-electron chi connectivity index (χ0n) is 18.1. The van der Waals surface area contributed by atoms with Crippen molar-refractivity contribution in [1.82, 2.24) is 15.1 Å². The second-order valence-electron chi connectivity index (χ2n) is 7.21. The lowest BCUT2D eigenvalue weighted by Crippen LogP contribution is -2.26. The van der Waals surface area contributed by atoms with Crippen LogP contribution in [0.4, 0.5) is 11.5 Å². The number of nitrogens with zero attached hydrogens (tertiary/aromatic N) is 3. The Morgan fingerprint density at radius 3 is 2.76 bits per heavy atom. The Bertz CT molecular complexity index is 941. The molecule has 1 aliphatic rings. The maximum atomic E-state index is 12.7. The van der Waals surface area contributed by atoms with Crippen LogP contribution in [-0.4, -0.2) is 35.5 Å². The summed E-state index contributed by atoms with van der Waals surface area (Å²) >= 11 is 0. The van der Waals surface area contributed by atoms with Gasteiger partial charge in [-0.25, -0.2) is 0 Å². The zero-order chi connectivity index (χ0) is 21.6. The van der Waals surface area contributed by atoms with Crippen LogP contribution in [0, 0.1) is 0 Å². The molecule has 29 heavy (non-hydrogen) atoms. The minimum atomic E-state index is -0.263. The van der Waals surface area contributed by atoms with Crippen molar-refractivity contribution in [3.63, 3.8) is 0 Å². The van der Waals surface area contributed by atoms with Crippen molar-refractivity contribution in [3.8, 4) is 0 Å². The molecule has 1 aromatic heterocycles. The van der Waals surface area contributed by atoms with Gasteiger partial charge in [0.2, 0.25) is 0 Å². The number of hydrogen-bond donors (Lipinski definition) is 2. The van der Waals surface area contributed by atoms with Gasteiger partial charge in [-0.2, -0.15) is 5.10 Å². The van der Waals surface area contributed by atoms with Crippen LogP contribution in [0.2, 0.25) is 0 Å². The standard InChI is InChI=1S/C23H31N5O/c1-8-25-21-20(27-28(7)22(21)24-6)17(5)23(29)26-14-18-10-9-11-19(12-15(2)3)16(4)13-18/h8-10,13,24H,2,5,11-12,14H2,1,3-4,6-7H3,(H,26,29). The number of aliphatic imine (C=N–C) groups is 1. The van der Waals surface area contributed by atoms with Gasteiger partial charge >= 0.3 is 0 Å². The molecule has 0 atom stereocenters. The molecule has 0 radical (unpaired) electrons. The van der Waals surface area contributed by atoms with Gasteiger partial charge in [0.25, 0.3) is 5.91 Å². The summed E-state index contributed by atoms with van der Waals surface area (Å²) in [5.41, 5.74) is 6.14. The third kappa shape index (κ3) is 5.44. The van der Waals surface area contributed by atoms with Crippen LogP contribution in [-0.2, 0) is 11.8 Å². The Labute approximate surface area is 173 Å². The molecule has 154 valence electrons. The summed E-state index contributed by atoms with van der Waals surface area (Å²) < 4.78 is 1.66. The number of aryl methyl sites for hydroxylation is 1. The average molecular weight is 394 g/mol. The monoisotopic (exact) mass is 393 g/mol. The first kappa shape index (κ1) is 22.1. The van der Waals surface area contributed by atoms with Crippen LogP contribution in [0.1, 0.15) is 39.3 Å². The minimum Gasteiger partial charge on any atom is -0.372 e. The number of aromatic nitrogens is 2. The van der Waals surface area contributed by atoms with Gasteiger partial charge in [0.1, 0.15) is 11.4 Å².